The number of aromatic amines is 1. The first-order valence-corrected chi connectivity index (χ1v) is 11.3. The molecule has 12 heteroatoms. The average Bonchev–Trinajstić information content (AvgIpc) is 3.61. The summed E-state index contributed by atoms with van der Waals surface area (Å²) in [5.41, 5.74) is 3.49. The molecule has 1 saturated heterocycles. The van der Waals surface area contributed by atoms with E-state index in [1.165, 1.54) is 18.5 Å². The summed E-state index contributed by atoms with van der Waals surface area (Å²) in [6.45, 7) is -0.649. The molecular formula is C23H22F3N9. The van der Waals surface area contributed by atoms with Gasteiger partial charge in [-0.1, -0.05) is 6.07 Å². The Labute approximate surface area is 197 Å². The average molecular weight is 481 g/mol. The standard InChI is InChI=1S/C23H22F3N9/c24-15-2-1-3-16-20(15)33-19(31-16)10-28-21-22-29-9-18(14-8-30-35(11-14)23(25)26)34(22)12-17(32-21)13-4-6-27-7-5-13/h1-3,8-9,11-13,23,27H,4-7,10H2,(H,28,32)(H,31,33). The Kier molecular flexibility index (Phi) is 5.36. The number of alkyl halides is 2. The van der Waals surface area contributed by atoms with Crippen molar-refractivity contribution in [1.82, 2.24) is 39.4 Å². The van der Waals surface area contributed by atoms with Crippen LogP contribution in [0.1, 0.15) is 36.8 Å². The van der Waals surface area contributed by atoms with Crippen molar-refractivity contribution in [2.45, 2.75) is 31.9 Å². The molecular weight excluding hydrogens is 459 g/mol. The second kappa shape index (κ2) is 8.69. The van der Waals surface area contributed by atoms with E-state index in [9.17, 15) is 13.2 Å². The molecule has 180 valence electrons. The van der Waals surface area contributed by atoms with E-state index >= 15 is 0 Å². The van der Waals surface area contributed by atoms with E-state index in [2.05, 4.69) is 30.7 Å². The Bertz CT molecular complexity index is 1500. The van der Waals surface area contributed by atoms with Crippen molar-refractivity contribution >= 4 is 22.5 Å². The van der Waals surface area contributed by atoms with Crippen LogP contribution >= 0.6 is 0 Å². The van der Waals surface area contributed by atoms with E-state index in [0.717, 1.165) is 31.6 Å². The molecule has 1 aliphatic rings. The highest BCUT2D eigenvalue weighted by Crippen LogP contribution is 2.30. The van der Waals surface area contributed by atoms with Gasteiger partial charge in [-0.05, 0) is 38.1 Å². The molecule has 0 amide bonds. The fraction of sp³-hybridized carbons (Fsp3) is 0.304. The lowest BCUT2D eigenvalue weighted by Gasteiger charge is -2.23. The molecule has 35 heavy (non-hydrogen) atoms. The molecule has 1 aliphatic heterocycles. The molecule has 5 aromatic rings. The quantitative estimate of drug-likeness (QED) is 0.338. The third-order valence-electron chi connectivity index (χ3n) is 6.30. The maximum Gasteiger partial charge on any atom is 0.333 e. The number of piperidine rings is 1. The first kappa shape index (κ1) is 21.6. The van der Waals surface area contributed by atoms with Crippen LogP contribution in [-0.2, 0) is 6.54 Å². The van der Waals surface area contributed by atoms with Crippen molar-refractivity contribution in [2.75, 3.05) is 18.4 Å². The molecule has 0 bridgehead atoms. The van der Waals surface area contributed by atoms with Crippen LogP contribution < -0.4 is 10.6 Å². The Morgan fingerprint density at radius 3 is 2.74 bits per heavy atom. The molecule has 0 radical (unpaired) electrons. The van der Waals surface area contributed by atoms with E-state index in [0.29, 0.717) is 38.7 Å². The first-order valence-electron chi connectivity index (χ1n) is 11.3. The lowest BCUT2D eigenvalue weighted by atomic mass is 9.95. The van der Waals surface area contributed by atoms with Gasteiger partial charge >= 0.3 is 6.55 Å². The van der Waals surface area contributed by atoms with E-state index in [-0.39, 0.29) is 23.8 Å². The van der Waals surface area contributed by atoms with Crippen molar-refractivity contribution in [3.8, 4) is 11.3 Å². The molecule has 4 aromatic heterocycles. The highest BCUT2D eigenvalue weighted by atomic mass is 19.3. The summed E-state index contributed by atoms with van der Waals surface area (Å²) >= 11 is 0. The van der Waals surface area contributed by atoms with Crippen LogP contribution in [0, 0.1) is 5.82 Å². The third kappa shape index (κ3) is 3.99. The minimum absolute atomic E-state index is 0.250. The number of rotatable bonds is 6. The molecule has 0 atom stereocenters. The zero-order valence-electron chi connectivity index (χ0n) is 18.5. The monoisotopic (exact) mass is 481 g/mol. The molecule has 5 heterocycles. The normalized spacial score (nSPS) is 15.0. The summed E-state index contributed by atoms with van der Waals surface area (Å²) in [5.74, 6) is 0.956. The second-order valence-electron chi connectivity index (χ2n) is 8.54. The smallest absolute Gasteiger partial charge is 0.333 e. The number of nitrogens with one attached hydrogen (secondary N) is 3. The van der Waals surface area contributed by atoms with Crippen molar-refractivity contribution < 1.29 is 13.2 Å². The van der Waals surface area contributed by atoms with E-state index < -0.39 is 6.55 Å². The summed E-state index contributed by atoms with van der Waals surface area (Å²) in [6.07, 6.45) is 8.13. The summed E-state index contributed by atoms with van der Waals surface area (Å²) in [5, 5.41) is 10.4. The molecule has 1 aromatic carbocycles. The summed E-state index contributed by atoms with van der Waals surface area (Å²) in [6, 6.07) is 4.77. The number of H-pyrrole nitrogens is 1. The molecule has 9 nitrogen and oxygen atoms in total. The fourth-order valence-electron chi connectivity index (χ4n) is 4.53. The number of imidazole rings is 2. The van der Waals surface area contributed by atoms with Crippen molar-refractivity contribution in [2.24, 2.45) is 0 Å². The van der Waals surface area contributed by atoms with Crippen LogP contribution in [0.3, 0.4) is 0 Å². The molecule has 1 fully saturated rings. The van der Waals surface area contributed by atoms with Gasteiger partial charge in [0.15, 0.2) is 17.3 Å². The van der Waals surface area contributed by atoms with Crippen molar-refractivity contribution in [3.63, 3.8) is 0 Å². The Balaban J connectivity index is 1.39. The summed E-state index contributed by atoms with van der Waals surface area (Å²) in [4.78, 5) is 16.9. The minimum atomic E-state index is -2.72. The van der Waals surface area contributed by atoms with E-state index in [4.69, 9.17) is 4.98 Å². The number of benzene rings is 1. The minimum Gasteiger partial charge on any atom is -0.360 e. The topological polar surface area (TPSA) is 101 Å². The number of hydrogen-bond acceptors (Lipinski definition) is 6. The van der Waals surface area contributed by atoms with E-state index in [1.807, 2.05) is 10.6 Å². The van der Waals surface area contributed by atoms with Gasteiger partial charge < -0.3 is 15.6 Å². The highest BCUT2D eigenvalue weighted by molar-refractivity contribution is 5.76. The first-order chi connectivity index (χ1) is 17.1. The van der Waals surface area contributed by atoms with E-state index in [1.54, 1.807) is 18.3 Å². The number of aromatic nitrogens is 7. The van der Waals surface area contributed by atoms with Crippen LogP contribution in [0.4, 0.5) is 19.0 Å². The van der Waals surface area contributed by atoms with Gasteiger partial charge in [0.1, 0.15) is 11.3 Å². The Morgan fingerprint density at radius 1 is 1.11 bits per heavy atom. The predicted octanol–water partition coefficient (Wildman–Crippen LogP) is 4.08. The van der Waals surface area contributed by atoms with Crippen LogP contribution in [0.5, 0.6) is 0 Å². The highest BCUT2D eigenvalue weighted by Gasteiger charge is 2.21. The van der Waals surface area contributed by atoms with Gasteiger partial charge in [-0.2, -0.15) is 13.9 Å². The Hall–Kier alpha value is -3.93. The lowest BCUT2D eigenvalue weighted by molar-refractivity contribution is 0.0566. The van der Waals surface area contributed by atoms with Gasteiger partial charge in [-0.15, -0.1) is 0 Å². The predicted molar refractivity (Wildman–Crippen MR) is 124 cm³/mol. The number of anilines is 1. The van der Waals surface area contributed by atoms with Crippen LogP contribution in [0.2, 0.25) is 0 Å². The number of nitrogens with zero attached hydrogens (tertiary/aromatic N) is 6. The van der Waals surface area contributed by atoms with Crippen molar-refractivity contribution in [3.05, 3.63) is 60.3 Å². The molecule has 3 N–H and O–H groups in total. The SMILES string of the molecule is Fc1cccc2[nH]c(CNc3nc(C4CCNCC4)cn4c(-c5cnn(C(F)F)c5)cnc34)nc12. The molecule has 0 unspecified atom stereocenters. The maximum absolute atomic E-state index is 14.1. The molecule has 6 rings (SSSR count). The summed E-state index contributed by atoms with van der Waals surface area (Å²) in [7, 11) is 0. The van der Waals surface area contributed by atoms with Crippen LogP contribution in [0.25, 0.3) is 27.9 Å². The third-order valence-corrected chi connectivity index (χ3v) is 6.30. The molecule has 0 spiro atoms. The zero-order valence-corrected chi connectivity index (χ0v) is 18.5. The number of fused-ring (bicyclic) bond motifs is 2. The largest absolute Gasteiger partial charge is 0.360 e. The van der Waals surface area contributed by atoms with Gasteiger partial charge in [-0.3, -0.25) is 4.40 Å². The van der Waals surface area contributed by atoms with Gasteiger partial charge in [0.05, 0.1) is 35.8 Å². The van der Waals surface area contributed by atoms with Gasteiger partial charge in [0.25, 0.3) is 0 Å². The Morgan fingerprint density at radius 2 is 1.97 bits per heavy atom. The zero-order chi connectivity index (χ0) is 23.9. The van der Waals surface area contributed by atoms with Crippen molar-refractivity contribution in [1.29, 1.82) is 0 Å². The van der Waals surface area contributed by atoms with Gasteiger partial charge in [0.2, 0.25) is 0 Å². The second-order valence-corrected chi connectivity index (χ2v) is 8.54. The fourth-order valence-corrected chi connectivity index (χ4v) is 4.53. The molecule has 0 saturated carbocycles. The van der Waals surface area contributed by atoms with Crippen LogP contribution in [-0.4, -0.2) is 47.2 Å². The number of halogens is 3. The summed E-state index contributed by atoms with van der Waals surface area (Å²) < 4.78 is 42.7. The van der Waals surface area contributed by atoms with Gasteiger partial charge in [-0.25, -0.2) is 24.0 Å². The van der Waals surface area contributed by atoms with Crippen LogP contribution in [0.15, 0.2) is 43.0 Å². The number of para-hydroxylation sites is 1. The van der Waals surface area contributed by atoms with Gasteiger partial charge in [0, 0.05) is 23.9 Å². The molecule has 0 aliphatic carbocycles. The number of hydrogen-bond donors (Lipinski definition) is 3. The maximum atomic E-state index is 14.1. The lowest BCUT2D eigenvalue weighted by Crippen LogP contribution is -2.27.